The second-order valence-electron chi connectivity index (χ2n) is 12.1. The molecule has 0 saturated carbocycles. The molecule has 0 spiro atoms. The van der Waals surface area contributed by atoms with Gasteiger partial charge < -0.3 is 0 Å². The molecule has 0 bridgehead atoms. The molecule has 6 rings (SSSR count). The van der Waals surface area contributed by atoms with Crippen LogP contribution >= 0.6 is 23.1 Å². The van der Waals surface area contributed by atoms with Gasteiger partial charge >= 0.3 is 0 Å². The van der Waals surface area contributed by atoms with Gasteiger partial charge in [0.1, 0.15) is 0 Å². The highest BCUT2D eigenvalue weighted by Gasteiger charge is 2.21. The predicted molar refractivity (Wildman–Crippen MR) is 203 cm³/mol. The lowest BCUT2D eigenvalue weighted by Gasteiger charge is -2.21. The van der Waals surface area contributed by atoms with Crippen LogP contribution in [0.15, 0.2) is 143 Å². The molecule has 0 aliphatic rings. The maximum absolute atomic E-state index is 2.37. The van der Waals surface area contributed by atoms with E-state index in [-0.39, 0.29) is 0 Å². The van der Waals surface area contributed by atoms with Gasteiger partial charge in [-0.05, 0) is 88.2 Å². The summed E-state index contributed by atoms with van der Waals surface area (Å²) in [6, 6.07) is 47.6. The number of hydrogen-bond acceptors (Lipinski definition) is 2. The zero-order chi connectivity index (χ0) is 31.6. The van der Waals surface area contributed by atoms with Gasteiger partial charge in [-0.25, -0.2) is 0 Å². The molecule has 46 heavy (non-hydrogen) atoms. The summed E-state index contributed by atoms with van der Waals surface area (Å²) in [4.78, 5) is 3.88. The second-order valence-corrected chi connectivity index (χ2v) is 14.1. The molecule has 232 valence electrons. The van der Waals surface area contributed by atoms with Crippen molar-refractivity contribution < 1.29 is 0 Å². The summed E-state index contributed by atoms with van der Waals surface area (Å²) in [5, 5.41) is 2.24. The van der Waals surface area contributed by atoms with Crippen molar-refractivity contribution in [1.29, 1.82) is 0 Å². The zero-order valence-electron chi connectivity index (χ0n) is 27.2. The van der Waals surface area contributed by atoms with Gasteiger partial charge in [0.25, 0.3) is 0 Å². The van der Waals surface area contributed by atoms with Crippen LogP contribution in [-0.2, 0) is 12.8 Å². The normalized spacial score (nSPS) is 11.2. The number of thiophene rings is 1. The molecule has 0 saturated heterocycles. The Labute approximate surface area is 284 Å². The van der Waals surface area contributed by atoms with Gasteiger partial charge in [0.05, 0.1) is 0 Å². The molecule has 6 aromatic rings. The first-order valence-electron chi connectivity index (χ1n) is 17.0. The molecular weight excluding hydrogens is 593 g/mol. The van der Waals surface area contributed by atoms with Crippen molar-refractivity contribution in [3.05, 3.63) is 144 Å². The molecular formula is C44H44S2. The third kappa shape index (κ3) is 7.74. The highest BCUT2D eigenvalue weighted by molar-refractivity contribution is 7.99. The molecule has 2 heteroatoms. The minimum absolute atomic E-state index is 1.14. The average molecular weight is 637 g/mol. The van der Waals surface area contributed by atoms with Crippen molar-refractivity contribution in [3.63, 3.8) is 0 Å². The summed E-state index contributed by atoms with van der Waals surface area (Å²) >= 11 is 3.72. The summed E-state index contributed by atoms with van der Waals surface area (Å²) in [5.41, 5.74) is 11.8. The standard InChI is InChI=1S/C44H44S2/c1-3-5-7-10-16-34-23-27-36(28-24-34)42-40(41-31-32-45-43(41)37-17-11-8-12-18-37)30-29-39(44(42)46-38-19-13-9-14-20-38)35-25-21-33(22-26-35)15-6-4-2/h8-9,11-14,17-32H,3-7,10,15-16H2,1-2H3. The topological polar surface area (TPSA) is 0 Å². The lowest BCUT2D eigenvalue weighted by atomic mass is 9.89. The smallest absolute Gasteiger partial charge is 0.0421 e. The molecule has 1 aromatic heterocycles. The highest BCUT2D eigenvalue weighted by Crippen LogP contribution is 2.49. The first-order valence-corrected chi connectivity index (χ1v) is 18.7. The predicted octanol–water partition coefficient (Wildman–Crippen LogP) is 14.0. The SMILES string of the molecule is CCCCCCc1ccc(-c2c(-c3ccsc3-c3ccccc3)ccc(-c3ccc(CCCC)cc3)c2Sc2ccccc2)cc1. The highest BCUT2D eigenvalue weighted by atomic mass is 32.2. The van der Waals surface area contributed by atoms with E-state index in [4.69, 9.17) is 0 Å². The van der Waals surface area contributed by atoms with Crippen LogP contribution in [0, 0.1) is 0 Å². The van der Waals surface area contributed by atoms with Crippen molar-refractivity contribution in [2.24, 2.45) is 0 Å². The van der Waals surface area contributed by atoms with E-state index in [1.807, 2.05) is 23.1 Å². The van der Waals surface area contributed by atoms with E-state index < -0.39 is 0 Å². The molecule has 0 aliphatic carbocycles. The van der Waals surface area contributed by atoms with Gasteiger partial charge in [-0.3, -0.25) is 0 Å². The first-order chi connectivity index (χ1) is 22.7. The molecule has 0 N–H and O–H groups in total. The lowest BCUT2D eigenvalue weighted by Crippen LogP contribution is -1.95. The van der Waals surface area contributed by atoms with Crippen LogP contribution in [0.1, 0.15) is 63.5 Å². The van der Waals surface area contributed by atoms with Crippen LogP contribution < -0.4 is 0 Å². The monoisotopic (exact) mass is 636 g/mol. The largest absolute Gasteiger partial charge is 0.143 e. The Balaban J connectivity index is 1.53. The molecule has 0 radical (unpaired) electrons. The van der Waals surface area contributed by atoms with E-state index >= 15 is 0 Å². The summed E-state index contributed by atoms with van der Waals surface area (Å²) in [6.07, 6.45) is 9.88. The lowest BCUT2D eigenvalue weighted by molar-refractivity contribution is 0.667. The van der Waals surface area contributed by atoms with Crippen LogP contribution in [0.3, 0.4) is 0 Å². The quantitative estimate of drug-likeness (QED) is 0.107. The Morgan fingerprint density at radius 3 is 1.76 bits per heavy atom. The van der Waals surface area contributed by atoms with Crippen molar-refractivity contribution in [1.82, 2.24) is 0 Å². The Morgan fingerprint density at radius 2 is 1.09 bits per heavy atom. The van der Waals surface area contributed by atoms with Crippen LogP contribution in [0.4, 0.5) is 0 Å². The molecule has 0 fully saturated rings. The molecule has 0 amide bonds. The number of benzene rings is 5. The molecule has 0 atom stereocenters. The van der Waals surface area contributed by atoms with Gasteiger partial charge in [-0.2, -0.15) is 0 Å². The zero-order valence-corrected chi connectivity index (χ0v) is 28.8. The Hall–Kier alpha value is -3.85. The van der Waals surface area contributed by atoms with Gasteiger partial charge in [-0.1, -0.05) is 160 Å². The maximum Gasteiger partial charge on any atom is 0.0421 e. The van der Waals surface area contributed by atoms with Gasteiger partial charge in [0.15, 0.2) is 0 Å². The van der Waals surface area contributed by atoms with Crippen LogP contribution in [0.25, 0.3) is 43.8 Å². The molecule has 1 heterocycles. The van der Waals surface area contributed by atoms with Crippen LogP contribution in [0.5, 0.6) is 0 Å². The van der Waals surface area contributed by atoms with Gasteiger partial charge in [0, 0.05) is 25.8 Å². The van der Waals surface area contributed by atoms with E-state index in [1.165, 1.54) is 103 Å². The molecule has 0 unspecified atom stereocenters. The first kappa shape index (κ1) is 32.1. The van der Waals surface area contributed by atoms with Crippen LogP contribution in [-0.4, -0.2) is 0 Å². The number of aryl methyl sites for hydroxylation is 2. The van der Waals surface area contributed by atoms with E-state index in [1.54, 1.807) is 0 Å². The molecule has 0 aliphatic heterocycles. The van der Waals surface area contributed by atoms with Gasteiger partial charge in [-0.15, -0.1) is 11.3 Å². The maximum atomic E-state index is 2.37. The third-order valence-electron chi connectivity index (χ3n) is 8.76. The average Bonchev–Trinajstić information content (AvgIpc) is 3.61. The number of hydrogen-bond donors (Lipinski definition) is 0. The fourth-order valence-electron chi connectivity index (χ4n) is 6.19. The van der Waals surface area contributed by atoms with Crippen molar-refractivity contribution in [3.8, 4) is 43.8 Å². The minimum Gasteiger partial charge on any atom is -0.143 e. The molecule has 5 aromatic carbocycles. The number of rotatable bonds is 14. The van der Waals surface area contributed by atoms with Crippen molar-refractivity contribution in [2.45, 2.75) is 75.0 Å². The second kappa shape index (κ2) is 16.1. The fourth-order valence-corrected chi connectivity index (χ4v) is 8.27. The Morgan fingerprint density at radius 1 is 0.478 bits per heavy atom. The molecule has 0 nitrogen and oxygen atoms in total. The van der Waals surface area contributed by atoms with E-state index in [9.17, 15) is 0 Å². The Kier molecular flexibility index (Phi) is 11.3. The van der Waals surface area contributed by atoms with E-state index in [2.05, 4.69) is 147 Å². The third-order valence-corrected chi connectivity index (χ3v) is 10.9. The van der Waals surface area contributed by atoms with Crippen molar-refractivity contribution in [2.75, 3.05) is 0 Å². The minimum atomic E-state index is 1.14. The van der Waals surface area contributed by atoms with Gasteiger partial charge in [0.2, 0.25) is 0 Å². The summed E-state index contributed by atoms with van der Waals surface area (Å²) < 4.78 is 0. The summed E-state index contributed by atoms with van der Waals surface area (Å²) in [7, 11) is 0. The summed E-state index contributed by atoms with van der Waals surface area (Å²) in [5.74, 6) is 0. The van der Waals surface area contributed by atoms with Crippen LogP contribution in [0.2, 0.25) is 0 Å². The van der Waals surface area contributed by atoms with Crippen molar-refractivity contribution >= 4 is 23.1 Å². The van der Waals surface area contributed by atoms with E-state index in [0.717, 1.165) is 12.8 Å². The summed E-state index contributed by atoms with van der Waals surface area (Å²) in [6.45, 7) is 4.54. The number of unbranched alkanes of at least 4 members (excludes halogenated alkanes) is 4. The van der Waals surface area contributed by atoms with E-state index in [0.29, 0.717) is 0 Å². The Bertz CT molecular complexity index is 1800. The fraction of sp³-hybridized carbons (Fsp3) is 0.227.